The molecule has 0 saturated carbocycles. The van der Waals surface area contributed by atoms with Crippen molar-refractivity contribution < 1.29 is 9.69 Å². The van der Waals surface area contributed by atoms with Crippen LogP contribution in [-0.2, 0) is 11.2 Å². The van der Waals surface area contributed by atoms with Gasteiger partial charge in [-0.3, -0.25) is 4.79 Å². The lowest BCUT2D eigenvalue weighted by molar-refractivity contribution is -0.898. The van der Waals surface area contributed by atoms with Crippen molar-refractivity contribution in [2.45, 2.75) is 45.1 Å². The van der Waals surface area contributed by atoms with E-state index in [1.807, 2.05) is 0 Å². The Kier molecular flexibility index (Phi) is 4.59. The summed E-state index contributed by atoms with van der Waals surface area (Å²) < 4.78 is 0. The molecule has 1 atom stereocenters. The van der Waals surface area contributed by atoms with Gasteiger partial charge in [0.2, 0.25) is 0 Å². The normalized spacial score (nSPS) is 28.7. The van der Waals surface area contributed by atoms with Gasteiger partial charge in [-0.1, -0.05) is 31.2 Å². The van der Waals surface area contributed by atoms with Crippen LogP contribution < -0.4 is 10.2 Å². The number of fused-ring (bicyclic) bond motifs is 1. The van der Waals surface area contributed by atoms with Crippen LogP contribution in [0.2, 0.25) is 0 Å². The third-order valence-corrected chi connectivity index (χ3v) is 5.10. The number of aryl methyl sites for hydroxylation is 1. The first-order valence-electron chi connectivity index (χ1n) is 8.43. The maximum absolute atomic E-state index is 12.3. The van der Waals surface area contributed by atoms with Gasteiger partial charge in [-0.25, -0.2) is 0 Å². The fourth-order valence-electron chi connectivity index (χ4n) is 3.72. The second kappa shape index (κ2) is 6.61. The van der Waals surface area contributed by atoms with Gasteiger partial charge in [0.05, 0.1) is 19.1 Å². The van der Waals surface area contributed by atoms with Gasteiger partial charge < -0.3 is 10.2 Å². The van der Waals surface area contributed by atoms with Crippen molar-refractivity contribution in [2.24, 2.45) is 5.92 Å². The number of carbonyl (C=O) groups is 1. The molecule has 114 valence electrons. The van der Waals surface area contributed by atoms with Gasteiger partial charge >= 0.3 is 0 Å². The molecule has 3 heteroatoms. The van der Waals surface area contributed by atoms with Crippen LogP contribution in [0.15, 0.2) is 24.3 Å². The zero-order valence-corrected chi connectivity index (χ0v) is 13.0. The first-order valence-corrected chi connectivity index (χ1v) is 8.43. The van der Waals surface area contributed by atoms with Gasteiger partial charge in [0, 0.05) is 0 Å². The summed E-state index contributed by atoms with van der Waals surface area (Å²) in [4.78, 5) is 13.8. The van der Waals surface area contributed by atoms with Crippen molar-refractivity contribution in [3.05, 3.63) is 35.4 Å². The molecule has 1 amide bonds. The first kappa shape index (κ1) is 14.6. The van der Waals surface area contributed by atoms with E-state index in [0.29, 0.717) is 6.54 Å². The van der Waals surface area contributed by atoms with Crippen LogP contribution in [-0.4, -0.2) is 25.5 Å². The van der Waals surface area contributed by atoms with Crippen LogP contribution in [0.4, 0.5) is 0 Å². The quantitative estimate of drug-likeness (QED) is 0.868. The van der Waals surface area contributed by atoms with E-state index in [4.69, 9.17) is 0 Å². The van der Waals surface area contributed by atoms with Gasteiger partial charge in [-0.15, -0.1) is 0 Å². The monoisotopic (exact) mass is 287 g/mol. The zero-order valence-electron chi connectivity index (χ0n) is 13.0. The molecule has 0 aromatic heterocycles. The Morgan fingerprint density at radius 2 is 2.00 bits per heavy atom. The molecule has 0 unspecified atom stereocenters. The van der Waals surface area contributed by atoms with Crippen molar-refractivity contribution in [3.8, 4) is 0 Å². The number of likely N-dealkylation sites (tertiary alicyclic amines) is 1. The summed E-state index contributed by atoms with van der Waals surface area (Å²) >= 11 is 0. The second-order valence-corrected chi connectivity index (χ2v) is 6.82. The predicted molar refractivity (Wildman–Crippen MR) is 84.2 cm³/mol. The standard InChI is InChI=1S/C18H26N2O/c1-14-9-11-20(12-10-14)13-18(21)19-17-8-4-6-15-5-2-3-7-16(15)17/h2-3,5,7,14,17H,4,6,8-13H2,1H3,(H,19,21)/p+1/t17-/m0/s1. The Labute approximate surface area is 127 Å². The lowest BCUT2D eigenvalue weighted by atomic mass is 9.88. The highest BCUT2D eigenvalue weighted by Crippen LogP contribution is 2.29. The van der Waals surface area contributed by atoms with Crippen molar-refractivity contribution in [3.63, 3.8) is 0 Å². The van der Waals surface area contributed by atoms with E-state index < -0.39 is 0 Å². The number of benzene rings is 1. The molecule has 1 heterocycles. The highest BCUT2D eigenvalue weighted by atomic mass is 16.2. The summed E-state index contributed by atoms with van der Waals surface area (Å²) in [5, 5.41) is 3.27. The van der Waals surface area contributed by atoms with Crippen molar-refractivity contribution in [1.82, 2.24) is 5.32 Å². The summed E-state index contributed by atoms with van der Waals surface area (Å²) in [5.41, 5.74) is 2.74. The molecule has 21 heavy (non-hydrogen) atoms. The van der Waals surface area contributed by atoms with E-state index in [2.05, 4.69) is 36.5 Å². The highest BCUT2D eigenvalue weighted by molar-refractivity contribution is 5.77. The Morgan fingerprint density at radius 3 is 2.81 bits per heavy atom. The number of nitrogens with one attached hydrogen (secondary N) is 2. The van der Waals surface area contributed by atoms with Gasteiger partial charge in [0.1, 0.15) is 0 Å². The Bertz CT molecular complexity index is 492. The summed E-state index contributed by atoms with van der Waals surface area (Å²) in [7, 11) is 0. The fraction of sp³-hybridized carbons (Fsp3) is 0.611. The van der Waals surface area contributed by atoms with Crippen LogP contribution in [0.3, 0.4) is 0 Å². The average Bonchev–Trinajstić information content (AvgIpc) is 2.50. The van der Waals surface area contributed by atoms with E-state index in [1.54, 1.807) is 0 Å². The third kappa shape index (κ3) is 3.65. The van der Waals surface area contributed by atoms with E-state index >= 15 is 0 Å². The number of hydrogen-bond acceptors (Lipinski definition) is 1. The molecule has 0 bridgehead atoms. The molecule has 3 rings (SSSR count). The van der Waals surface area contributed by atoms with Gasteiger partial charge in [-0.2, -0.15) is 0 Å². The number of rotatable bonds is 3. The molecule has 1 saturated heterocycles. The minimum absolute atomic E-state index is 0.223. The molecule has 1 fully saturated rings. The smallest absolute Gasteiger partial charge is 0.275 e. The topological polar surface area (TPSA) is 33.5 Å². The summed E-state index contributed by atoms with van der Waals surface area (Å²) in [5.74, 6) is 1.06. The van der Waals surface area contributed by atoms with Crippen LogP contribution in [0.25, 0.3) is 0 Å². The van der Waals surface area contributed by atoms with Crippen LogP contribution in [0.1, 0.15) is 49.8 Å². The zero-order chi connectivity index (χ0) is 14.7. The molecule has 1 aromatic carbocycles. The third-order valence-electron chi connectivity index (χ3n) is 5.10. The molecule has 2 aliphatic rings. The summed E-state index contributed by atoms with van der Waals surface area (Å²) in [6.45, 7) is 5.26. The largest absolute Gasteiger partial charge is 0.344 e. The maximum Gasteiger partial charge on any atom is 0.275 e. The van der Waals surface area contributed by atoms with E-state index in [-0.39, 0.29) is 11.9 Å². The molecular formula is C18H27N2O+. The van der Waals surface area contributed by atoms with E-state index in [1.165, 1.54) is 35.3 Å². The molecule has 0 radical (unpaired) electrons. The lowest BCUT2D eigenvalue weighted by Gasteiger charge is -2.29. The number of carbonyl (C=O) groups excluding carboxylic acids is 1. The van der Waals surface area contributed by atoms with Gasteiger partial charge in [0.15, 0.2) is 6.54 Å². The number of amides is 1. The Morgan fingerprint density at radius 1 is 1.24 bits per heavy atom. The number of quaternary nitrogens is 1. The van der Waals surface area contributed by atoms with Crippen LogP contribution >= 0.6 is 0 Å². The van der Waals surface area contributed by atoms with E-state index in [0.717, 1.165) is 31.8 Å². The van der Waals surface area contributed by atoms with Crippen LogP contribution in [0, 0.1) is 5.92 Å². The highest BCUT2D eigenvalue weighted by Gasteiger charge is 2.25. The van der Waals surface area contributed by atoms with Crippen molar-refractivity contribution >= 4 is 5.91 Å². The van der Waals surface area contributed by atoms with Crippen LogP contribution in [0.5, 0.6) is 0 Å². The van der Waals surface area contributed by atoms with Crippen molar-refractivity contribution in [1.29, 1.82) is 0 Å². The minimum Gasteiger partial charge on any atom is -0.344 e. The molecule has 1 aliphatic carbocycles. The molecule has 0 spiro atoms. The number of hydrogen-bond donors (Lipinski definition) is 2. The molecular weight excluding hydrogens is 260 g/mol. The minimum atomic E-state index is 0.223. The molecule has 3 nitrogen and oxygen atoms in total. The van der Waals surface area contributed by atoms with Gasteiger partial charge in [0.25, 0.3) is 5.91 Å². The summed E-state index contributed by atoms with van der Waals surface area (Å²) in [6, 6.07) is 8.79. The summed E-state index contributed by atoms with van der Waals surface area (Å²) in [6.07, 6.45) is 5.92. The maximum atomic E-state index is 12.3. The first-order chi connectivity index (χ1) is 10.2. The average molecular weight is 287 g/mol. The molecule has 1 aliphatic heterocycles. The SMILES string of the molecule is CC1CC[NH+](CC(=O)N[C@H]2CCCc3ccccc32)CC1. The molecule has 2 N–H and O–H groups in total. The Balaban J connectivity index is 1.56. The second-order valence-electron chi connectivity index (χ2n) is 6.82. The lowest BCUT2D eigenvalue weighted by Crippen LogP contribution is -3.14. The Hall–Kier alpha value is -1.35. The van der Waals surface area contributed by atoms with E-state index in [9.17, 15) is 4.79 Å². The predicted octanol–water partition coefficient (Wildman–Crippen LogP) is 1.49. The fourth-order valence-corrected chi connectivity index (χ4v) is 3.72. The van der Waals surface area contributed by atoms with Gasteiger partial charge in [-0.05, 0) is 49.1 Å². The molecule has 1 aromatic rings. The number of piperidine rings is 1. The van der Waals surface area contributed by atoms with Crippen molar-refractivity contribution in [2.75, 3.05) is 19.6 Å².